The maximum Gasteiger partial charge on any atom is 0.487 e. The van der Waals surface area contributed by atoms with Crippen LogP contribution in [-0.2, 0) is 9.31 Å². The first-order valence-corrected chi connectivity index (χ1v) is 9.07. The van der Waals surface area contributed by atoms with Gasteiger partial charge in [0.15, 0.2) is 0 Å². The maximum atomic E-state index is 5.99. The molecule has 4 heteroatoms. The summed E-state index contributed by atoms with van der Waals surface area (Å²) in [5.74, 6) is 1.96. The molecule has 1 aromatic heterocycles. The summed E-state index contributed by atoms with van der Waals surface area (Å²) in [6.07, 6.45) is 6.11. The third-order valence-corrected chi connectivity index (χ3v) is 5.50. The van der Waals surface area contributed by atoms with Crippen molar-refractivity contribution in [2.75, 3.05) is 0 Å². The molecule has 0 amide bonds. The zero-order valence-corrected chi connectivity index (χ0v) is 15.8. The average Bonchev–Trinajstić information content (AvgIpc) is 3.02. The molecule has 1 aliphatic rings. The van der Waals surface area contributed by atoms with Crippen LogP contribution >= 0.6 is 0 Å². The van der Waals surface area contributed by atoms with Gasteiger partial charge in [0.05, 0.1) is 22.2 Å². The van der Waals surface area contributed by atoms with Crippen molar-refractivity contribution in [1.82, 2.24) is 4.57 Å². The second-order valence-corrected chi connectivity index (χ2v) is 7.76. The molecule has 26 heavy (non-hydrogen) atoms. The van der Waals surface area contributed by atoms with E-state index in [1.807, 2.05) is 18.1 Å². The van der Waals surface area contributed by atoms with Crippen molar-refractivity contribution in [3.8, 4) is 0 Å². The van der Waals surface area contributed by atoms with Gasteiger partial charge in [0, 0.05) is 17.0 Å². The fourth-order valence-corrected chi connectivity index (χ4v) is 3.37. The van der Waals surface area contributed by atoms with E-state index in [4.69, 9.17) is 9.31 Å². The van der Waals surface area contributed by atoms with Gasteiger partial charge in [-0.25, -0.2) is 0 Å². The van der Waals surface area contributed by atoms with E-state index < -0.39 is 0 Å². The maximum absolute atomic E-state index is 5.99. The Balaban J connectivity index is 1.62. The van der Waals surface area contributed by atoms with Gasteiger partial charge in [-0.3, -0.25) is 0 Å². The molecule has 0 atom stereocenters. The van der Waals surface area contributed by atoms with E-state index >= 15 is 0 Å². The Labute approximate surface area is 155 Å². The van der Waals surface area contributed by atoms with Gasteiger partial charge in [0.1, 0.15) is 0 Å². The van der Waals surface area contributed by atoms with Gasteiger partial charge >= 0.3 is 7.12 Å². The molecular weight excluding hydrogens is 321 g/mol. The SMILES string of the molecule is CC1(C)OB(/C=C/C=C/n2c3ccccc3c3ccccc32)OC1(C)C. The highest BCUT2D eigenvalue weighted by molar-refractivity contribution is 6.51. The van der Waals surface area contributed by atoms with E-state index in [0.717, 1.165) is 0 Å². The van der Waals surface area contributed by atoms with E-state index in [-0.39, 0.29) is 18.3 Å². The lowest BCUT2D eigenvalue weighted by Crippen LogP contribution is -2.41. The van der Waals surface area contributed by atoms with Crippen molar-refractivity contribution < 1.29 is 9.31 Å². The van der Waals surface area contributed by atoms with Gasteiger partial charge in [0.25, 0.3) is 0 Å². The molecule has 0 spiro atoms. The fraction of sp³-hybridized carbons (Fsp3) is 0.273. The lowest BCUT2D eigenvalue weighted by atomic mass is 9.90. The van der Waals surface area contributed by atoms with Crippen molar-refractivity contribution in [3.63, 3.8) is 0 Å². The number of allylic oxidation sites excluding steroid dienone is 2. The monoisotopic (exact) mass is 345 g/mol. The molecule has 2 aromatic carbocycles. The largest absolute Gasteiger partial charge is 0.487 e. The summed E-state index contributed by atoms with van der Waals surface area (Å²) in [4.78, 5) is 0. The molecule has 0 saturated carbocycles. The van der Waals surface area contributed by atoms with Crippen LogP contribution in [0.2, 0.25) is 0 Å². The zero-order valence-electron chi connectivity index (χ0n) is 15.8. The van der Waals surface area contributed by atoms with Crippen LogP contribution in [-0.4, -0.2) is 22.9 Å². The molecule has 0 N–H and O–H groups in total. The smallest absolute Gasteiger partial charge is 0.400 e. The number of nitrogens with zero attached hydrogens (tertiary/aromatic N) is 1. The highest BCUT2D eigenvalue weighted by atomic mass is 16.7. The van der Waals surface area contributed by atoms with Gasteiger partial charge in [0.2, 0.25) is 0 Å². The van der Waals surface area contributed by atoms with Crippen LogP contribution in [0, 0.1) is 0 Å². The third kappa shape index (κ3) is 2.79. The summed E-state index contributed by atoms with van der Waals surface area (Å²) in [6, 6.07) is 17.0. The Kier molecular flexibility index (Phi) is 4.05. The first-order chi connectivity index (χ1) is 12.4. The predicted octanol–water partition coefficient (Wildman–Crippen LogP) is 5.45. The van der Waals surface area contributed by atoms with Crippen molar-refractivity contribution in [2.24, 2.45) is 0 Å². The molecule has 3 nitrogen and oxygen atoms in total. The minimum atomic E-state index is -0.317. The van der Waals surface area contributed by atoms with E-state index in [1.165, 1.54) is 21.8 Å². The molecule has 0 bridgehead atoms. The topological polar surface area (TPSA) is 23.4 Å². The quantitative estimate of drug-likeness (QED) is 0.465. The number of fused-ring (bicyclic) bond motifs is 3. The second kappa shape index (κ2) is 6.15. The molecule has 2 heterocycles. The number of rotatable bonds is 3. The minimum Gasteiger partial charge on any atom is -0.400 e. The van der Waals surface area contributed by atoms with Crippen LogP contribution in [0.4, 0.5) is 0 Å². The zero-order chi connectivity index (χ0) is 18.4. The number of benzene rings is 2. The first kappa shape index (κ1) is 17.1. The summed E-state index contributed by atoms with van der Waals surface area (Å²) in [7, 11) is -0.317. The molecule has 0 unspecified atom stereocenters. The molecule has 1 aliphatic heterocycles. The third-order valence-electron chi connectivity index (χ3n) is 5.50. The molecule has 1 saturated heterocycles. The van der Waals surface area contributed by atoms with Gasteiger partial charge in [-0.15, -0.1) is 0 Å². The Hall–Kier alpha value is -2.30. The molecule has 0 aliphatic carbocycles. The summed E-state index contributed by atoms with van der Waals surface area (Å²) >= 11 is 0. The Morgan fingerprint density at radius 3 is 1.81 bits per heavy atom. The molecule has 4 rings (SSSR count). The van der Waals surface area contributed by atoms with Crippen molar-refractivity contribution in [1.29, 1.82) is 0 Å². The van der Waals surface area contributed by atoms with Gasteiger partial charge in [-0.2, -0.15) is 0 Å². The number of aromatic nitrogens is 1. The highest BCUT2D eigenvalue weighted by Crippen LogP contribution is 2.36. The molecule has 0 radical (unpaired) electrons. The van der Waals surface area contributed by atoms with Crippen molar-refractivity contribution >= 4 is 35.1 Å². The average molecular weight is 345 g/mol. The lowest BCUT2D eigenvalue weighted by molar-refractivity contribution is 0.00578. The number of hydrogen-bond donors (Lipinski definition) is 0. The summed E-state index contributed by atoms with van der Waals surface area (Å²) < 4.78 is 14.2. The predicted molar refractivity (Wildman–Crippen MR) is 110 cm³/mol. The lowest BCUT2D eigenvalue weighted by Gasteiger charge is -2.32. The standard InChI is InChI=1S/C22H24BNO2/c1-21(2)22(3,4)26-23(25-21)15-9-10-16-24-19-13-7-5-11-17(19)18-12-6-8-14-20(18)24/h5-16H,1-4H3/b15-9+,16-10+. The fourth-order valence-electron chi connectivity index (χ4n) is 3.37. The number of hydrogen-bond acceptors (Lipinski definition) is 2. The van der Waals surface area contributed by atoms with Crippen LogP contribution in [0.1, 0.15) is 27.7 Å². The highest BCUT2D eigenvalue weighted by Gasteiger charge is 2.49. The van der Waals surface area contributed by atoms with Crippen LogP contribution in [0.25, 0.3) is 28.0 Å². The Morgan fingerprint density at radius 1 is 0.769 bits per heavy atom. The van der Waals surface area contributed by atoms with E-state index in [1.54, 1.807) is 0 Å². The molecular formula is C22H24BNO2. The van der Waals surface area contributed by atoms with Crippen molar-refractivity contribution in [3.05, 3.63) is 66.7 Å². The molecule has 132 valence electrons. The summed E-state index contributed by atoms with van der Waals surface area (Å²) in [5.41, 5.74) is 1.79. The van der Waals surface area contributed by atoms with E-state index in [9.17, 15) is 0 Å². The van der Waals surface area contributed by atoms with Crippen LogP contribution in [0.5, 0.6) is 0 Å². The van der Waals surface area contributed by atoms with Crippen LogP contribution < -0.4 is 0 Å². The van der Waals surface area contributed by atoms with Gasteiger partial charge < -0.3 is 13.9 Å². The van der Waals surface area contributed by atoms with Gasteiger partial charge in [-0.1, -0.05) is 48.4 Å². The summed E-state index contributed by atoms with van der Waals surface area (Å²) in [6.45, 7) is 8.26. The normalized spacial score (nSPS) is 19.5. The van der Waals surface area contributed by atoms with E-state index in [2.05, 4.69) is 87.0 Å². The molecule has 3 aromatic rings. The van der Waals surface area contributed by atoms with Crippen LogP contribution in [0.15, 0.2) is 66.7 Å². The second-order valence-electron chi connectivity index (χ2n) is 7.76. The van der Waals surface area contributed by atoms with Crippen molar-refractivity contribution in [2.45, 2.75) is 38.9 Å². The minimum absolute atomic E-state index is 0.307. The van der Waals surface area contributed by atoms with Crippen LogP contribution in [0.3, 0.4) is 0 Å². The molecule has 1 fully saturated rings. The van der Waals surface area contributed by atoms with Gasteiger partial charge in [-0.05, 0) is 45.9 Å². The first-order valence-electron chi connectivity index (χ1n) is 9.07. The Morgan fingerprint density at radius 2 is 1.27 bits per heavy atom. The van der Waals surface area contributed by atoms with E-state index in [0.29, 0.717) is 0 Å². The Bertz CT molecular complexity index is 944. The summed E-state index contributed by atoms with van der Waals surface area (Å²) in [5, 5.41) is 2.53. The number of para-hydroxylation sites is 2.